The van der Waals surface area contributed by atoms with Gasteiger partial charge in [0.05, 0.1) is 0 Å². The van der Waals surface area contributed by atoms with E-state index in [-0.39, 0.29) is 18.9 Å². The van der Waals surface area contributed by atoms with E-state index in [0.717, 1.165) is 6.42 Å². The van der Waals surface area contributed by atoms with Crippen LogP contribution in [0.1, 0.15) is 39.0 Å². The third kappa shape index (κ3) is 46.7. The minimum atomic E-state index is -2.86. The third-order valence-electron chi connectivity index (χ3n) is 1.10. The molecule has 5 heteroatoms. The van der Waals surface area contributed by atoms with E-state index in [1.165, 1.54) is 25.7 Å². The third-order valence-corrected chi connectivity index (χ3v) is 1.10. The van der Waals surface area contributed by atoms with Crippen molar-refractivity contribution in [3.8, 4) is 0 Å². The van der Waals surface area contributed by atoms with Gasteiger partial charge in [-0.2, -0.15) is 0 Å². The Morgan fingerprint density at radius 2 is 1.67 bits per heavy atom. The van der Waals surface area contributed by atoms with E-state index < -0.39 is 11.0 Å². The average Bonchev–Trinajstić information content (AvgIpc) is 1.88. The Morgan fingerprint density at radius 1 is 1.25 bits per heavy atom. The van der Waals surface area contributed by atoms with Gasteiger partial charge in [0.2, 0.25) is 0 Å². The van der Waals surface area contributed by atoms with Crippen molar-refractivity contribution < 1.29 is 31.8 Å². The molecule has 0 saturated carbocycles. The van der Waals surface area contributed by atoms with Crippen molar-refractivity contribution in [1.29, 1.82) is 0 Å². The first kappa shape index (κ1) is 18.3. The van der Waals surface area contributed by atoms with E-state index in [0.29, 0.717) is 0 Å². The van der Waals surface area contributed by atoms with Crippen LogP contribution in [0.5, 0.6) is 0 Å². The van der Waals surface area contributed by atoms with E-state index in [2.05, 4.69) is 13.8 Å². The molecular weight excluding hydrogens is 171 g/mol. The summed E-state index contributed by atoms with van der Waals surface area (Å²) in [5.41, 5.74) is 0. The van der Waals surface area contributed by atoms with Crippen LogP contribution in [-0.2, 0) is 19.4 Å². The van der Waals surface area contributed by atoms with Gasteiger partial charge >= 0.3 is 18.9 Å². The summed E-state index contributed by atoms with van der Waals surface area (Å²) in [7, 11) is -2.86. The first-order valence-electron chi connectivity index (χ1n) is 3.72. The van der Waals surface area contributed by atoms with Gasteiger partial charge in [-0.3, -0.25) is 0 Å². The van der Waals surface area contributed by atoms with Gasteiger partial charge in [-0.15, -0.1) is 0 Å². The zero-order valence-electron chi connectivity index (χ0n) is 7.91. The molecule has 0 aliphatic heterocycles. The number of unbranched alkanes of at least 4 members (excludes halogenated alkanes) is 4. The van der Waals surface area contributed by atoms with Crippen molar-refractivity contribution in [3.05, 3.63) is 6.92 Å². The van der Waals surface area contributed by atoms with E-state index in [1.54, 1.807) is 0 Å². The summed E-state index contributed by atoms with van der Waals surface area (Å²) in [6.07, 6.45) is 6.52. The summed E-state index contributed by atoms with van der Waals surface area (Å²) < 4.78 is 24.1. The predicted octanol–water partition coefficient (Wildman–Crippen LogP) is -0.436. The van der Waals surface area contributed by atoms with Gasteiger partial charge in [0.25, 0.3) is 0 Å². The molecular formula is C7H16LiO3S. The quantitative estimate of drug-likeness (QED) is 0.213. The number of rotatable bonds is 4. The van der Waals surface area contributed by atoms with Crippen molar-refractivity contribution in [2.24, 2.45) is 0 Å². The SMILES string of the molecule is O=[S-](=O)O.[CH2]CCCCCC.[Li+]. The molecule has 0 spiro atoms. The standard InChI is InChI=1S/C7H15.Li.HO3S/c1-3-5-7-6-4-2;;1-4(2)3/h1,3-7H2,2H3;;(H,1,2,3)/q;+1;-1. The summed E-state index contributed by atoms with van der Waals surface area (Å²) >= 11 is 0. The van der Waals surface area contributed by atoms with Crippen LogP contribution in [0, 0.1) is 6.92 Å². The van der Waals surface area contributed by atoms with E-state index in [4.69, 9.17) is 13.0 Å². The van der Waals surface area contributed by atoms with Crippen LogP contribution in [0.3, 0.4) is 0 Å². The Morgan fingerprint density at radius 3 is 1.92 bits per heavy atom. The maximum absolute atomic E-state index is 8.56. The molecule has 0 saturated heterocycles. The summed E-state index contributed by atoms with van der Waals surface area (Å²) in [5, 5.41) is 0. The van der Waals surface area contributed by atoms with Crippen molar-refractivity contribution in [1.82, 2.24) is 0 Å². The van der Waals surface area contributed by atoms with Crippen molar-refractivity contribution >= 4 is 11.0 Å². The smallest absolute Gasteiger partial charge is 0.439 e. The normalized spacial score (nSPS) is 8.33. The second-order valence-corrected chi connectivity index (χ2v) is 2.57. The molecule has 0 bridgehead atoms. The maximum atomic E-state index is 8.56. The van der Waals surface area contributed by atoms with Gasteiger partial charge in [0.1, 0.15) is 0 Å². The molecule has 1 radical (unpaired) electrons. The average molecular weight is 187 g/mol. The van der Waals surface area contributed by atoms with Gasteiger partial charge in [-0.1, -0.05) is 46.0 Å². The Bertz CT molecular complexity index is 114. The monoisotopic (exact) mass is 187 g/mol. The fraction of sp³-hybridized carbons (Fsp3) is 0.857. The molecule has 1 N–H and O–H groups in total. The molecule has 0 rings (SSSR count). The summed E-state index contributed by atoms with van der Waals surface area (Å²) in [6, 6.07) is 0. The molecule has 0 amide bonds. The van der Waals surface area contributed by atoms with Gasteiger partial charge in [-0.05, 0) is 0 Å². The molecule has 0 aromatic heterocycles. The molecule has 0 unspecified atom stereocenters. The van der Waals surface area contributed by atoms with Gasteiger partial charge in [-0.25, -0.2) is 0 Å². The van der Waals surface area contributed by atoms with Crippen molar-refractivity contribution in [2.75, 3.05) is 0 Å². The van der Waals surface area contributed by atoms with E-state index in [1.807, 2.05) is 0 Å². The van der Waals surface area contributed by atoms with Crippen molar-refractivity contribution in [3.63, 3.8) is 0 Å². The van der Waals surface area contributed by atoms with Crippen LogP contribution < -0.4 is 18.9 Å². The molecule has 0 fully saturated rings. The molecule has 0 aliphatic rings. The topological polar surface area (TPSA) is 54.4 Å². The van der Waals surface area contributed by atoms with Gasteiger partial charge < -0.3 is 13.0 Å². The molecule has 3 nitrogen and oxygen atoms in total. The Labute approximate surface area is 88.9 Å². The van der Waals surface area contributed by atoms with Crippen LogP contribution in [0.2, 0.25) is 0 Å². The van der Waals surface area contributed by atoms with E-state index in [9.17, 15) is 0 Å². The molecule has 0 aliphatic carbocycles. The van der Waals surface area contributed by atoms with Gasteiger partial charge in [0, 0.05) is 11.0 Å². The van der Waals surface area contributed by atoms with Crippen molar-refractivity contribution in [2.45, 2.75) is 39.0 Å². The van der Waals surface area contributed by atoms with Gasteiger partial charge in [0.15, 0.2) is 0 Å². The Hall–Kier alpha value is 0.507. The molecule has 0 atom stereocenters. The molecule has 0 aromatic carbocycles. The fourth-order valence-electron chi connectivity index (χ4n) is 0.604. The fourth-order valence-corrected chi connectivity index (χ4v) is 0.604. The summed E-state index contributed by atoms with van der Waals surface area (Å²) in [5.74, 6) is 0. The zero-order chi connectivity index (χ0) is 9.11. The Balaban J connectivity index is -0.000000142. The molecule has 0 aromatic rings. The minimum absolute atomic E-state index is 0. The Kier molecular flexibility index (Phi) is 26.8. The summed E-state index contributed by atoms with van der Waals surface area (Å²) in [6.45, 7) is 5.98. The zero-order valence-corrected chi connectivity index (χ0v) is 8.73. The summed E-state index contributed by atoms with van der Waals surface area (Å²) in [4.78, 5) is 0. The van der Waals surface area contributed by atoms with Crippen LogP contribution in [0.15, 0.2) is 0 Å². The predicted molar refractivity (Wildman–Crippen MR) is 45.5 cm³/mol. The maximum Gasteiger partial charge on any atom is 1.00 e. The first-order chi connectivity index (χ1) is 5.15. The number of hydrogen-bond donors (Lipinski definition) is 1. The molecule has 0 heterocycles. The minimum Gasteiger partial charge on any atom is -0.439 e. The molecule has 12 heavy (non-hydrogen) atoms. The first-order valence-corrected chi connectivity index (χ1v) is 4.75. The van der Waals surface area contributed by atoms with Crippen LogP contribution in [0.4, 0.5) is 0 Å². The van der Waals surface area contributed by atoms with Crippen LogP contribution in [0.25, 0.3) is 0 Å². The van der Waals surface area contributed by atoms with E-state index >= 15 is 0 Å². The second-order valence-electron chi connectivity index (χ2n) is 2.13. The largest absolute Gasteiger partial charge is 1.00 e. The second kappa shape index (κ2) is 17.6. The number of hydrogen-bond acceptors (Lipinski definition) is 3. The van der Waals surface area contributed by atoms with Crippen LogP contribution >= 0.6 is 0 Å². The van der Waals surface area contributed by atoms with Crippen LogP contribution in [-0.4, -0.2) is 4.55 Å². The molecule has 69 valence electrons.